The molecule has 2 aromatic heterocycles. The van der Waals surface area contributed by atoms with Crippen LogP contribution in [0.3, 0.4) is 0 Å². The van der Waals surface area contributed by atoms with Gasteiger partial charge in [0.05, 0.1) is 6.33 Å². The van der Waals surface area contributed by atoms with Crippen molar-refractivity contribution in [2.24, 2.45) is 0 Å². The molecule has 0 radical (unpaired) electrons. The molecule has 0 fully saturated rings. The molecular weight excluding hydrogens is 222 g/mol. The first-order valence-corrected chi connectivity index (χ1v) is 5.39. The van der Waals surface area contributed by atoms with Gasteiger partial charge in [0.15, 0.2) is 11.5 Å². The SMILES string of the molecule is C=C(C)CCNc1nc(=S)[nH]c2nc[nH]c12. The summed E-state index contributed by atoms with van der Waals surface area (Å²) < 4.78 is 0.428. The molecule has 2 rings (SSSR count). The molecule has 0 bridgehead atoms. The van der Waals surface area contributed by atoms with Crippen LogP contribution in [-0.4, -0.2) is 26.5 Å². The van der Waals surface area contributed by atoms with E-state index in [1.54, 1.807) is 6.33 Å². The first kappa shape index (κ1) is 10.8. The Morgan fingerprint density at radius 2 is 2.44 bits per heavy atom. The van der Waals surface area contributed by atoms with Gasteiger partial charge in [-0.15, -0.1) is 6.58 Å². The highest BCUT2D eigenvalue weighted by Gasteiger charge is 2.04. The third kappa shape index (κ3) is 2.27. The van der Waals surface area contributed by atoms with Crippen LogP contribution in [0, 0.1) is 4.77 Å². The maximum absolute atomic E-state index is 5.02. The number of rotatable bonds is 4. The predicted molar refractivity (Wildman–Crippen MR) is 67.0 cm³/mol. The van der Waals surface area contributed by atoms with Crippen molar-refractivity contribution in [3.8, 4) is 0 Å². The van der Waals surface area contributed by atoms with Crippen LogP contribution in [0.2, 0.25) is 0 Å². The molecule has 0 unspecified atom stereocenters. The number of nitrogens with zero attached hydrogens (tertiary/aromatic N) is 2. The molecule has 0 aliphatic heterocycles. The number of anilines is 1. The standard InChI is InChI=1S/C10H13N5S/c1-6(2)3-4-11-8-7-9(13-5-12-7)15-10(16)14-8/h5H,1,3-4H2,2H3,(H3,11,12,13,14,15,16). The second kappa shape index (κ2) is 4.44. The summed E-state index contributed by atoms with van der Waals surface area (Å²) in [4.78, 5) is 14.3. The van der Waals surface area contributed by atoms with E-state index in [0.29, 0.717) is 4.77 Å². The summed E-state index contributed by atoms with van der Waals surface area (Å²) >= 11 is 5.02. The van der Waals surface area contributed by atoms with E-state index in [2.05, 4.69) is 31.8 Å². The zero-order valence-electron chi connectivity index (χ0n) is 9.00. The number of fused-ring (bicyclic) bond motifs is 1. The molecule has 84 valence electrons. The third-order valence-corrected chi connectivity index (χ3v) is 2.35. The van der Waals surface area contributed by atoms with Crippen molar-refractivity contribution < 1.29 is 0 Å². The molecular formula is C10H13N5S. The Morgan fingerprint density at radius 1 is 1.62 bits per heavy atom. The lowest BCUT2D eigenvalue weighted by Crippen LogP contribution is -2.05. The van der Waals surface area contributed by atoms with Crippen LogP contribution >= 0.6 is 12.2 Å². The molecule has 2 aromatic rings. The molecule has 3 N–H and O–H groups in total. The van der Waals surface area contributed by atoms with Gasteiger partial charge in [-0.1, -0.05) is 5.57 Å². The Labute approximate surface area is 98.0 Å². The maximum atomic E-state index is 5.02. The lowest BCUT2D eigenvalue weighted by Gasteiger charge is -2.05. The molecule has 0 atom stereocenters. The van der Waals surface area contributed by atoms with Crippen LogP contribution in [0.4, 0.5) is 5.82 Å². The van der Waals surface area contributed by atoms with Crippen molar-refractivity contribution in [3.63, 3.8) is 0 Å². The molecule has 0 aliphatic rings. The van der Waals surface area contributed by atoms with E-state index in [-0.39, 0.29) is 0 Å². The van der Waals surface area contributed by atoms with E-state index in [0.717, 1.165) is 35.5 Å². The van der Waals surface area contributed by atoms with Crippen molar-refractivity contribution in [2.45, 2.75) is 13.3 Å². The zero-order chi connectivity index (χ0) is 11.5. The fourth-order valence-corrected chi connectivity index (χ4v) is 1.57. The summed E-state index contributed by atoms with van der Waals surface area (Å²) in [5.41, 5.74) is 2.70. The Morgan fingerprint density at radius 3 is 3.19 bits per heavy atom. The summed E-state index contributed by atoms with van der Waals surface area (Å²) in [7, 11) is 0. The number of imidazole rings is 1. The van der Waals surface area contributed by atoms with E-state index in [4.69, 9.17) is 12.2 Å². The van der Waals surface area contributed by atoms with Crippen molar-refractivity contribution >= 4 is 29.2 Å². The molecule has 0 spiro atoms. The highest BCUT2D eigenvalue weighted by molar-refractivity contribution is 7.71. The number of hydrogen-bond acceptors (Lipinski definition) is 4. The predicted octanol–water partition coefficient (Wildman–Crippen LogP) is 2.39. The fraction of sp³-hybridized carbons (Fsp3) is 0.300. The average molecular weight is 235 g/mol. The van der Waals surface area contributed by atoms with Crippen LogP contribution < -0.4 is 5.32 Å². The van der Waals surface area contributed by atoms with Gasteiger partial charge in [-0.25, -0.2) is 9.97 Å². The second-order valence-corrected chi connectivity index (χ2v) is 4.04. The van der Waals surface area contributed by atoms with Crippen molar-refractivity contribution in [1.29, 1.82) is 0 Å². The summed E-state index contributed by atoms with van der Waals surface area (Å²) in [5.74, 6) is 0.734. The first-order chi connectivity index (χ1) is 7.66. The van der Waals surface area contributed by atoms with Crippen molar-refractivity contribution in [3.05, 3.63) is 23.3 Å². The molecule has 0 amide bonds. The number of aromatic amines is 2. The van der Waals surface area contributed by atoms with Crippen molar-refractivity contribution in [2.75, 3.05) is 11.9 Å². The Kier molecular flexibility index (Phi) is 3.00. The monoisotopic (exact) mass is 235 g/mol. The van der Waals surface area contributed by atoms with Gasteiger partial charge < -0.3 is 15.3 Å². The van der Waals surface area contributed by atoms with E-state index in [1.165, 1.54) is 0 Å². The fourth-order valence-electron chi connectivity index (χ4n) is 1.38. The average Bonchev–Trinajstić information content (AvgIpc) is 2.64. The highest BCUT2D eigenvalue weighted by Crippen LogP contribution is 2.15. The minimum absolute atomic E-state index is 0.428. The number of hydrogen-bond donors (Lipinski definition) is 3. The van der Waals surface area contributed by atoms with Crippen LogP contribution in [-0.2, 0) is 0 Å². The topological polar surface area (TPSA) is 69.4 Å². The smallest absolute Gasteiger partial charge is 0.200 e. The molecule has 0 aromatic carbocycles. The van der Waals surface area contributed by atoms with E-state index < -0.39 is 0 Å². The zero-order valence-corrected chi connectivity index (χ0v) is 9.82. The van der Waals surface area contributed by atoms with Gasteiger partial charge in [-0.2, -0.15) is 0 Å². The Balaban J connectivity index is 2.25. The summed E-state index contributed by atoms with van der Waals surface area (Å²) in [6, 6.07) is 0. The summed E-state index contributed by atoms with van der Waals surface area (Å²) in [5, 5.41) is 3.22. The van der Waals surface area contributed by atoms with E-state index >= 15 is 0 Å². The number of nitrogens with one attached hydrogen (secondary N) is 3. The Hall–Kier alpha value is -1.69. The lowest BCUT2D eigenvalue weighted by atomic mass is 10.2. The minimum Gasteiger partial charge on any atom is -0.368 e. The van der Waals surface area contributed by atoms with Gasteiger partial charge in [-0.05, 0) is 25.6 Å². The lowest BCUT2D eigenvalue weighted by molar-refractivity contribution is 0.987. The normalized spacial score (nSPS) is 10.6. The maximum Gasteiger partial charge on any atom is 0.200 e. The molecule has 2 heterocycles. The van der Waals surface area contributed by atoms with E-state index in [9.17, 15) is 0 Å². The van der Waals surface area contributed by atoms with E-state index in [1.807, 2.05) is 6.92 Å². The minimum atomic E-state index is 0.428. The molecule has 0 saturated heterocycles. The summed E-state index contributed by atoms with van der Waals surface area (Å²) in [6.07, 6.45) is 2.52. The van der Waals surface area contributed by atoms with Crippen molar-refractivity contribution in [1.82, 2.24) is 19.9 Å². The largest absolute Gasteiger partial charge is 0.368 e. The van der Waals surface area contributed by atoms with Gasteiger partial charge in [0, 0.05) is 6.54 Å². The molecule has 16 heavy (non-hydrogen) atoms. The molecule has 6 heteroatoms. The molecule has 5 nitrogen and oxygen atoms in total. The highest BCUT2D eigenvalue weighted by atomic mass is 32.1. The van der Waals surface area contributed by atoms with Gasteiger partial charge in [0.1, 0.15) is 5.52 Å². The number of aromatic nitrogens is 4. The second-order valence-electron chi connectivity index (χ2n) is 3.65. The number of H-pyrrole nitrogens is 2. The van der Waals surface area contributed by atoms with Gasteiger partial charge in [0.2, 0.25) is 4.77 Å². The molecule has 0 aliphatic carbocycles. The third-order valence-electron chi connectivity index (χ3n) is 2.16. The first-order valence-electron chi connectivity index (χ1n) is 4.98. The van der Waals surface area contributed by atoms with Gasteiger partial charge in [-0.3, -0.25) is 0 Å². The van der Waals surface area contributed by atoms with Crippen LogP contribution in [0.5, 0.6) is 0 Å². The van der Waals surface area contributed by atoms with Gasteiger partial charge in [0.25, 0.3) is 0 Å². The molecule has 0 saturated carbocycles. The summed E-state index contributed by atoms with van der Waals surface area (Å²) in [6.45, 7) is 6.63. The Bertz CT molecular complexity index is 568. The van der Waals surface area contributed by atoms with Gasteiger partial charge >= 0.3 is 0 Å². The van der Waals surface area contributed by atoms with Crippen LogP contribution in [0.1, 0.15) is 13.3 Å². The van der Waals surface area contributed by atoms with Crippen LogP contribution in [0.15, 0.2) is 18.5 Å². The van der Waals surface area contributed by atoms with Crippen LogP contribution in [0.25, 0.3) is 11.2 Å². The quantitative estimate of drug-likeness (QED) is 0.562.